The van der Waals surface area contributed by atoms with Gasteiger partial charge in [-0.15, -0.1) is 5.10 Å². The summed E-state index contributed by atoms with van der Waals surface area (Å²) < 4.78 is 15.8. The standard InChI is InChI=1S/C17H13N5O8/c1-28-12-3-4-14(29-2)13(8-12)16-19-20-17(30-16)18-15(23)9-5-10(21(24)25)7-11(6-9)22(26)27/h3-8H,1-2H3,(H,18,20,23). The van der Waals surface area contributed by atoms with E-state index in [1.165, 1.54) is 14.2 Å². The highest BCUT2D eigenvalue weighted by Gasteiger charge is 2.22. The van der Waals surface area contributed by atoms with E-state index in [0.29, 0.717) is 17.1 Å². The van der Waals surface area contributed by atoms with Gasteiger partial charge in [0.15, 0.2) is 0 Å². The van der Waals surface area contributed by atoms with Crippen molar-refractivity contribution in [3.8, 4) is 23.0 Å². The van der Waals surface area contributed by atoms with E-state index in [2.05, 4.69) is 15.5 Å². The summed E-state index contributed by atoms with van der Waals surface area (Å²) in [7, 11) is 2.92. The van der Waals surface area contributed by atoms with Gasteiger partial charge in [0.1, 0.15) is 11.5 Å². The van der Waals surface area contributed by atoms with Gasteiger partial charge in [-0.3, -0.25) is 30.3 Å². The topological polar surface area (TPSA) is 173 Å². The number of hydrogen-bond donors (Lipinski definition) is 1. The van der Waals surface area contributed by atoms with Crippen LogP contribution < -0.4 is 14.8 Å². The number of ether oxygens (including phenoxy) is 2. The molecule has 0 fully saturated rings. The number of non-ortho nitro benzene ring substituents is 2. The maximum atomic E-state index is 12.4. The molecule has 30 heavy (non-hydrogen) atoms. The van der Waals surface area contributed by atoms with Crippen molar-refractivity contribution >= 4 is 23.3 Å². The lowest BCUT2D eigenvalue weighted by molar-refractivity contribution is -0.394. The number of carbonyl (C=O) groups is 1. The SMILES string of the molecule is COc1ccc(OC)c(-c2nnc(NC(=O)c3cc([N+](=O)[O-])cc([N+](=O)[O-])c3)o2)c1. The molecule has 1 N–H and O–H groups in total. The number of nitro benzene ring substituents is 2. The second-order valence-electron chi connectivity index (χ2n) is 5.69. The highest BCUT2D eigenvalue weighted by molar-refractivity contribution is 6.04. The van der Waals surface area contributed by atoms with Crippen molar-refractivity contribution in [2.75, 3.05) is 19.5 Å². The lowest BCUT2D eigenvalue weighted by atomic mass is 10.1. The van der Waals surface area contributed by atoms with Crippen LogP contribution in [0.3, 0.4) is 0 Å². The molecule has 13 heteroatoms. The van der Waals surface area contributed by atoms with E-state index < -0.39 is 27.1 Å². The number of aromatic nitrogens is 2. The molecule has 0 saturated heterocycles. The number of anilines is 1. The van der Waals surface area contributed by atoms with Crippen LogP contribution in [-0.4, -0.2) is 40.2 Å². The average molecular weight is 415 g/mol. The zero-order valence-corrected chi connectivity index (χ0v) is 15.5. The lowest BCUT2D eigenvalue weighted by Gasteiger charge is -2.07. The normalized spacial score (nSPS) is 10.3. The molecule has 0 aliphatic carbocycles. The number of amides is 1. The summed E-state index contributed by atoms with van der Waals surface area (Å²) >= 11 is 0. The molecule has 0 radical (unpaired) electrons. The van der Waals surface area contributed by atoms with Gasteiger partial charge in [-0.2, -0.15) is 0 Å². The van der Waals surface area contributed by atoms with Crippen molar-refractivity contribution in [2.45, 2.75) is 0 Å². The summed E-state index contributed by atoms with van der Waals surface area (Å²) in [6.45, 7) is 0. The highest BCUT2D eigenvalue weighted by Crippen LogP contribution is 2.33. The molecule has 1 heterocycles. The first-order valence-electron chi connectivity index (χ1n) is 8.13. The first-order valence-corrected chi connectivity index (χ1v) is 8.13. The molecule has 2 aromatic carbocycles. The Morgan fingerprint density at radius 1 is 1.00 bits per heavy atom. The molecule has 0 spiro atoms. The first kappa shape index (κ1) is 20.2. The fourth-order valence-corrected chi connectivity index (χ4v) is 2.47. The zero-order valence-electron chi connectivity index (χ0n) is 15.5. The van der Waals surface area contributed by atoms with Gasteiger partial charge in [-0.1, -0.05) is 5.10 Å². The van der Waals surface area contributed by atoms with Gasteiger partial charge >= 0.3 is 6.01 Å². The van der Waals surface area contributed by atoms with Crippen LogP contribution in [0.4, 0.5) is 17.4 Å². The summed E-state index contributed by atoms with van der Waals surface area (Å²) in [5.74, 6) is 0.00538. The molecule has 0 atom stereocenters. The minimum absolute atomic E-state index is 0.00562. The summed E-state index contributed by atoms with van der Waals surface area (Å²) in [6.07, 6.45) is 0. The van der Waals surface area contributed by atoms with E-state index in [-0.39, 0.29) is 17.5 Å². The number of rotatable bonds is 7. The Bertz CT molecular complexity index is 1110. The van der Waals surface area contributed by atoms with Gasteiger partial charge in [0.25, 0.3) is 23.2 Å². The summed E-state index contributed by atoms with van der Waals surface area (Å²) in [4.78, 5) is 32.7. The van der Waals surface area contributed by atoms with Crippen molar-refractivity contribution in [3.05, 3.63) is 62.2 Å². The monoisotopic (exact) mass is 415 g/mol. The lowest BCUT2D eigenvalue weighted by Crippen LogP contribution is -2.13. The minimum atomic E-state index is -0.908. The third-order valence-electron chi connectivity index (χ3n) is 3.87. The number of hydrogen-bond acceptors (Lipinski definition) is 10. The van der Waals surface area contributed by atoms with Gasteiger partial charge in [0, 0.05) is 12.1 Å². The first-order chi connectivity index (χ1) is 14.3. The van der Waals surface area contributed by atoms with Crippen LogP contribution in [0.1, 0.15) is 10.4 Å². The third-order valence-corrected chi connectivity index (χ3v) is 3.87. The largest absolute Gasteiger partial charge is 0.497 e. The predicted octanol–water partition coefficient (Wildman–Crippen LogP) is 2.82. The van der Waals surface area contributed by atoms with Crippen LogP contribution in [0.5, 0.6) is 11.5 Å². The van der Waals surface area contributed by atoms with Crippen LogP contribution in [0, 0.1) is 20.2 Å². The van der Waals surface area contributed by atoms with E-state index in [0.717, 1.165) is 18.2 Å². The Hall–Kier alpha value is -4.55. The molecule has 0 bridgehead atoms. The molecular formula is C17H13N5O8. The molecule has 0 aliphatic heterocycles. The molecule has 1 amide bonds. The van der Waals surface area contributed by atoms with Crippen molar-refractivity contribution in [3.63, 3.8) is 0 Å². The summed E-state index contributed by atoms with van der Waals surface area (Å²) in [6, 6.07) is 7.08. The Kier molecular flexibility index (Phi) is 5.53. The van der Waals surface area contributed by atoms with E-state index in [1.54, 1.807) is 18.2 Å². The van der Waals surface area contributed by atoms with Crippen molar-refractivity contribution in [2.24, 2.45) is 0 Å². The van der Waals surface area contributed by atoms with Gasteiger partial charge < -0.3 is 13.9 Å². The maximum absolute atomic E-state index is 12.4. The molecule has 3 aromatic rings. The Morgan fingerprint density at radius 2 is 1.67 bits per heavy atom. The molecule has 13 nitrogen and oxygen atoms in total. The smallest absolute Gasteiger partial charge is 0.322 e. The van der Waals surface area contributed by atoms with Gasteiger partial charge in [0.2, 0.25) is 0 Å². The van der Waals surface area contributed by atoms with Crippen LogP contribution in [-0.2, 0) is 0 Å². The quantitative estimate of drug-likeness (QED) is 0.446. The molecule has 3 rings (SSSR count). The average Bonchev–Trinajstić information content (AvgIpc) is 3.20. The van der Waals surface area contributed by atoms with Crippen molar-refractivity contribution in [1.82, 2.24) is 10.2 Å². The number of benzene rings is 2. The minimum Gasteiger partial charge on any atom is -0.497 e. The third kappa shape index (κ3) is 4.14. The highest BCUT2D eigenvalue weighted by atomic mass is 16.6. The molecule has 154 valence electrons. The second kappa shape index (κ2) is 8.22. The fraction of sp³-hybridized carbons (Fsp3) is 0.118. The Morgan fingerprint density at radius 3 is 2.23 bits per heavy atom. The summed E-state index contributed by atoms with van der Waals surface area (Å²) in [5, 5.41) is 31.7. The number of nitrogens with zero attached hydrogens (tertiary/aromatic N) is 4. The van der Waals surface area contributed by atoms with E-state index >= 15 is 0 Å². The predicted molar refractivity (Wildman–Crippen MR) is 101 cm³/mol. The van der Waals surface area contributed by atoms with Gasteiger partial charge in [-0.25, -0.2) is 0 Å². The molecule has 0 saturated carbocycles. The van der Waals surface area contributed by atoms with E-state index in [4.69, 9.17) is 13.9 Å². The molecule has 0 aliphatic rings. The second-order valence-corrected chi connectivity index (χ2v) is 5.69. The van der Waals surface area contributed by atoms with Crippen LogP contribution in [0.15, 0.2) is 40.8 Å². The van der Waals surface area contributed by atoms with Crippen LogP contribution in [0.25, 0.3) is 11.5 Å². The van der Waals surface area contributed by atoms with Gasteiger partial charge in [0.05, 0.1) is 41.3 Å². The summed E-state index contributed by atoms with van der Waals surface area (Å²) in [5.41, 5.74) is -1.14. The Labute approximate surface area is 167 Å². The fourth-order valence-electron chi connectivity index (χ4n) is 2.47. The molecule has 1 aromatic heterocycles. The number of carbonyl (C=O) groups excluding carboxylic acids is 1. The molecular weight excluding hydrogens is 402 g/mol. The van der Waals surface area contributed by atoms with Crippen LogP contribution >= 0.6 is 0 Å². The van der Waals surface area contributed by atoms with E-state index in [1.807, 2.05) is 0 Å². The van der Waals surface area contributed by atoms with Crippen LogP contribution in [0.2, 0.25) is 0 Å². The number of methoxy groups -OCH3 is 2. The number of nitro groups is 2. The Balaban J connectivity index is 1.89. The van der Waals surface area contributed by atoms with E-state index in [9.17, 15) is 25.0 Å². The number of nitrogens with one attached hydrogen (secondary N) is 1. The van der Waals surface area contributed by atoms with Crippen molar-refractivity contribution in [1.29, 1.82) is 0 Å². The van der Waals surface area contributed by atoms with Crippen molar-refractivity contribution < 1.29 is 28.5 Å². The molecule has 0 unspecified atom stereocenters. The van der Waals surface area contributed by atoms with Gasteiger partial charge in [-0.05, 0) is 18.2 Å². The maximum Gasteiger partial charge on any atom is 0.322 e. The zero-order chi connectivity index (χ0) is 21.8.